The maximum atomic E-state index is 12.2. The van der Waals surface area contributed by atoms with Gasteiger partial charge in [-0.2, -0.15) is 0 Å². The normalized spacial score (nSPS) is 13.2. The molecule has 0 unspecified atom stereocenters. The van der Waals surface area contributed by atoms with Crippen molar-refractivity contribution in [1.29, 1.82) is 0 Å². The number of rotatable bonds is 7. The average molecular weight is 338 g/mol. The first kappa shape index (κ1) is 17.0. The lowest BCUT2D eigenvalue weighted by Gasteiger charge is -2.09. The molecule has 2 N–H and O–H groups in total. The van der Waals surface area contributed by atoms with E-state index in [1.54, 1.807) is 7.11 Å². The zero-order valence-electron chi connectivity index (χ0n) is 14.2. The van der Waals surface area contributed by atoms with Crippen molar-refractivity contribution < 1.29 is 14.3 Å². The highest BCUT2D eigenvalue weighted by Crippen LogP contribution is 2.20. The molecule has 0 radical (unpaired) electrons. The standard InChI is InChI=1S/C20H22N2O3/c1-25-18-5-3-2-4-15(18)13-20(24)22-16-8-6-14(7-9-16)12-19(23)21-17-10-11-17/h2-9,17H,10-13H2,1H3,(H,21,23)(H,22,24). The Kier molecular flexibility index (Phi) is 5.33. The van der Waals surface area contributed by atoms with Gasteiger partial charge in [0.15, 0.2) is 0 Å². The molecular weight excluding hydrogens is 316 g/mol. The Morgan fingerprint density at radius 2 is 1.72 bits per heavy atom. The van der Waals surface area contributed by atoms with Crippen molar-refractivity contribution in [3.63, 3.8) is 0 Å². The summed E-state index contributed by atoms with van der Waals surface area (Å²) in [6.07, 6.45) is 2.79. The third kappa shape index (κ3) is 5.08. The van der Waals surface area contributed by atoms with Crippen LogP contribution in [0.25, 0.3) is 0 Å². The molecule has 0 saturated heterocycles. The fourth-order valence-corrected chi connectivity index (χ4v) is 2.62. The fourth-order valence-electron chi connectivity index (χ4n) is 2.62. The molecule has 2 amide bonds. The van der Waals surface area contributed by atoms with E-state index in [0.717, 1.165) is 24.0 Å². The lowest BCUT2D eigenvalue weighted by Crippen LogP contribution is -2.26. The van der Waals surface area contributed by atoms with Gasteiger partial charge in [0, 0.05) is 17.3 Å². The molecule has 0 heterocycles. The molecule has 1 aliphatic rings. The van der Waals surface area contributed by atoms with Crippen LogP contribution in [0.2, 0.25) is 0 Å². The van der Waals surface area contributed by atoms with Gasteiger partial charge >= 0.3 is 0 Å². The summed E-state index contributed by atoms with van der Waals surface area (Å²) in [7, 11) is 1.59. The number of ether oxygens (including phenoxy) is 1. The number of benzene rings is 2. The third-order valence-corrected chi connectivity index (χ3v) is 4.09. The highest BCUT2D eigenvalue weighted by Gasteiger charge is 2.23. The van der Waals surface area contributed by atoms with E-state index in [0.29, 0.717) is 23.9 Å². The lowest BCUT2D eigenvalue weighted by atomic mass is 10.1. The largest absolute Gasteiger partial charge is 0.496 e. The molecule has 1 aliphatic carbocycles. The molecule has 130 valence electrons. The average Bonchev–Trinajstić information content (AvgIpc) is 3.41. The summed E-state index contributed by atoms with van der Waals surface area (Å²) in [5.41, 5.74) is 2.49. The first-order valence-corrected chi connectivity index (χ1v) is 8.44. The van der Waals surface area contributed by atoms with E-state index in [9.17, 15) is 9.59 Å². The van der Waals surface area contributed by atoms with E-state index < -0.39 is 0 Å². The summed E-state index contributed by atoms with van der Waals surface area (Å²) in [5.74, 6) is 0.647. The van der Waals surface area contributed by atoms with Crippen LogP contribution in [-0.4, -0.2) is 25.0 Å². The number of amides is 2. The summed E-state index contributed by atoms with van der Waals surface area (Å²) in [5, 5.41) is 5.84. The number of para-hydroxylation sites is 1. The van der Waals surface area contributed by atoms with Gasteiger partial charge in [-0.1, -0.05) is 30.3 Å². The number of methoxy groups -OCH3 is 1. The maximum Gasteiger partial charge on any atom is 0.228 e. The second-order valence-corrected chi connectivity index (χ2v) is 6.25. The quantitative estimate of drug-likeness (QED) is 0.816. The molecule has 5 heteroatoms. The first-order valence-electron chi connectivity index (χ1n) is 8.44. The van der Waals surface area contributed by atoms with E-state index in [1.807, 2.05) is 48.5 Å². The Morgan fingerprint density at radius 3 is 2.40 bits per heavy atom. The maximum absolute atomic E-state index is 12.2. The van der Waals surface area contributed by atoms with Gasteiger partial charge in [0.1, 0.15) is 5.75 Å². The number of carbonyl (C=O) groups is 2. The Morgan fingerprint density at radius 1 is 1.00 bits per heavy atom. The molecule has 25 heavy (non-hydrogen) atoms. The topological polar surface area (TPSA) is 67.4 Å². The molecule has 2 aromatic rings. The zero-order valence-corrected chi connectivity index (χ0v) is 14.2. The van der Waals surface area contributed by atoms with Crippen LogP contribution < -0.4 is 15.4 Å². The molecule has 0 spiro atoms. The second kappa shape index (κ2) is 7.83. The van der Waals surface area contributed by atoms with Gasteiger partial charge in [-0.25, -0.2) is 0 Å². The minimum Gasteiger partial charge on any atom is -0.496 e. The highest BCUT2D eigenvalue weighted by atomic mass is 16.5. The van der Waals surface area contributed by atoms with Gasteiger partial charge in [0.2, 0.25) is 11.8 Å². The van der Waals surface area contributed by atoms with E-state index in [1.165, 1.54) is 0 Å². The van der Waals surface area contributed by atoms with Crippen molar-refractivity contribution in [3.8, 4) is 5.75 Å². The van der Waals surface area contributed by atoms with Crippen molar-refractivity contribution in [2.75, 3.05) is 12.4 Å². The van der Waals surface area contributed by atoms with Crippen molar-refractivity contribution in [1.82, 2.24) is 5.32 Å². The smallest absolute Gasteiger partial charge is 0.228 e. The van der Waals surface area contributed by atoms with E-state index in [4.69, 9.17) is 4.74 Å². The van der Waals surface area contributed by atoms with Gasteiger partial charge in [-0.15, -0.1) is 0 Å². The molecule has 5 nitrogen and oxygen atoms in total. The third-order valence-electron chi connectivity index (χ3n) is 4.09. The van der Waals surface area contributed by atoms with Crippen molar-refractivity contribution >= 4 is 17.5 Å². The van der Waals surface area contributed by atoms with Crippen LogP contribution in [0.15, 0.2) is 48.5 Å². The molecule has 2 aromatic carbocycles. The Hall–Kier alpha value is -2.82. The second-order valence-electron chi connectivity index (χ2n) is 6.25. The van der Waals surface area contributed by atoms with Gasteiger partial charge in [-0.3, -0.25) is 9.59 Å². The zero-order chi connectivity index (χ0) is 17.6. The predicted octanol–water partition coefficient (Wildman–Crippen LogP) is 2.70. The molecule has 1 saturated carbocycles. The van der Waals surface area contributed by atoms with Crippen LogP contribution in [0.1, 0.15) is 24.0 Å². The summed E-state index contributed by atoms with van der Waals surface area (Å²) in [4.78, 5) is 24.0. The Bertz CT molecular complexity index is 752. The van der Waals surface area contributed by atoms with Crippen molar-refractivity contribution in [2.45, 2.75) is 31.7 Å². The van der Waals surface area contributed by atoms with Crippen LogP contribution in [-0.2, 0) is 22.4 Å². The molecule has 0 aromatic heterocycles. The van der Waals surface area contributed by atoms with Crippen LogP contribution in [0.4, 0.5) is 5.69 Å². The number of hydrogen-bond acceptors (Lipinski definition) is 3. The van der Waals surface area contributed by atoms with Gasteiger partial charge in [0.05, 0.1) is 20.0 Å². The predicted molar refractivity (Wildman–Crippen MR) is 96.6 cm³/mol. The van der Waals surface area contributed by atoms with Crippen molar-refractivity contribution in [2.24, 2.45) is 0 Å². The highest BCUT2D eigenvalue weighted by molar-refractivity contribution is 5.92. The van der Waals surface area contributed by atoms with Crippen LogP contribution >= 0.6 is 0 Å². The number of hydrogen-bond donors (Lipinski definition) is 2. The number of carbonyl (C=O) groups excluding carboxylic acids is 2. The van der Waals surface area contributed by atoms with Gasteiger partial charge in [-0.05, 0) is 36.6 Å². The van der Waals surface area contributed by atoms with Crippen LogP contribution in [0, 0.1) is 0 Å². The number of anilines is 1. The molecule has 0 bridgehead atoms. The Labute approximate surface area is 147 Å². The first-order chi connectivity index (χ1) is 12.1. The summed E-state index contributed by atoms with van der Waals surface area (Å²) < 4.78 is 5.26. The Balaban J connectivity index is 1.53. The summed E-state index contributed by atoms with van der Waals surface area (Å²) in [6, 6.07) is 15.2. The minimum atomic E-state index is -0.108. The molecule has 1 fully saturated rings. The summed E-state index contributed by atoms with van der Waals surface area (Å²) in [6.45, 7) is 0. The molecule has 3 rings (SSSR count). The molecular formula is C20H22N2O3. The SMILES string of the molecule is COc1ccccc1CC(=O)Nc1ccc(CC(=O)NC2CC2)cc1. The molecule has 0 aliphatic heterocycles. The van der Waals surface area contributed by atoms with Gasteiger partial charge < -0.3 is 15.4 Å². The van der Waals surface area contributed by atoms with Crippen LogP contribution in [0.5, 0.6) is 5.75 Å². The lowest BCUT2D eigenvalue weighted by molar-refractivity contribution is -0.120. The van der Waals surface area contributed by atoms with E-state index >= 15 is 0 Å². The monoisotopic (exact) mass is 338 g/mol. The minimum absolute atomic E-state index is 0.0514. The van der Waals surface area contributed by atoms with Gasteiger partial charge in [0.25, 0.3) is 0 Å². The van der Waals surface area contributed by atoms with E-state index in [2.05, 4.69) is 10.6 Å². The van der Waals surface area contributed by atoms with E-state index in [-0.39, 0.29) is 18.2 Å². The molecule has 0 atom stereocenters. The fraction of sp³-hybridized carbons (Fsp3) is 0.300. The van der Waals surface area contributed by atoms with Crippen LogP contribution in [0.3, 0.4) is 0 Å². The number of nitrogens with one attached hydrogen (secondary N) is 2. The summed E-state index contributed by atoms with van der Waals surface area (Å²) >= 11 is 0. The van der Waals surface area contributed by atoms with Crippen molar-refractivity contribution in [3.05, 3.63) is 59.7 Å².